The fourth-order valence-electron chi connectivity index (χ4n) is 3.36. The van der Waals surface area contributed by atoms with Crippen molar-refractivity contribution >= 4 is 15.9 Å². The number of ether oxygens (including phenoxy) is 2. The van der Waals surface area contributed by atoms with Crippen LogP contribution in [0.15, 0.2) is 28.7 Å². The van der Waals surface area contributed by atoms with Crippen molar-refractivity contribution in [2.75, 3.05) is 32.8 Å². The van der Waals surface area contributed by atoms with Crippen LogP contribution in [-0.4, -0.2) is 43.9 Å². The molecule has 1 saturated carbocycles. The highest BCUT2D eigenvalue weighted by Crippen LogP contribution is 2.28. The zero-order valence-corrected chi connectivity index (χ0v) is 14.8. The normalized spacial score (nSPS) is 22.6. The molecule has 1 unspecified atom stereocenters. The van der Waals surface area contributed by atoms with Crippen molar-refractivity contribution in [2.45, 2.75) is 44.3 Å². The third-order valence-electron chi connectivity index (χ3n) is 4.68. The molecule has 1 aliphatic heterocycles. The Morgan fingerprint density at radius 2 is 1.77 bits per heavy atom. The first kappa shape index (κ1) is 16.4. The minimum absolute atomic E-state index is 0.175. The minimum atomic E-state index is 0.175. The lowest BCUT2D eigenvalue weighted by molar-refractivity contribution is -0.0588. The Morgan fingerprint density at radius 1 is 1.09 bits per heavy atom. The Hall–Kier alpha value is -0.420. The van der Waals surface area contributed by atoms with Gasteiger partial charge in [0.15, 0.2) is 0 Å². The fourth-order valence-corrected chi connectivity index (χ4v) is 3.62. The number of hydrogen-bond donors (Lipinski definition) is 0. The highest BCUT2D eigenvalue weighted by Gasteiger charge is 2.23. The van der Waals surface area contributed by atoms with E-state index in [9.17, 15) is 0 Å². The first-order valence-corrected chi connectivity index (χ1v) is 9.31. The molecule has 22 heavy (non-hydrogen) atoms. The van der Waals surface area contributed by atoms with E-state index in [0.717, 1.165) is 37.3 Å². The SMILES string of the molecule is Brc1ccc(C(CN2CCOCC2)OC2CCCCC2)cc1. The van der Waals surface area contributed by atoms with Gasteiger partial charge in [0.25, 0.3) is 0 Å². The van der Waals surface area contributed by atoms with Gasteiger partial charge in [-0.1, -0.05) is 47.3 Å². The van der Waals surface area contributed by atoms with E-state index in [1.165, 1.54) is 37.7 Å². The third-order valence-corrected chi connectivity index (χ3v) is 5.21. The Balaban J connectivity index is 1.67. The van der Waals surface area contributed by atoms with Crippen molar-refractivity contribution in [1.29, 1.82) is 0 Å². The minimum Gasteiger partial charge on any atom is -0.379 e. The van der Waals surface area contributed by atoms with Crippen molar-refractivity contribution in [1.82, 2.24) is 4.90 Å². The van der Waals surface area contributed by atoms with Gasteiger partial charge in [-0.05, 0) is 30.5 Å². The van der Waals surface area contributed by atoms with E-state index in [-0.39, 0.29) is 6.10 Å². The van der Waals surface area contributed by atoms with Gasteiger partial charge in [0, 0.05) is 24.1 Å². The smallest absolute Gasteiger partial charge is 0.0955 e. The second-order valence-corrected chi connectivity index (χ2v) is 7.26. The third kappa shape index (κ3) is 4.79. The summed E-state index contributed by atoms with van der Waals surface area (Å²) in [6.07, 6.45) is 7.04. The Kier molecular flexibility index (Phi) is 6.30. The van der Waals surface area contributed by atoms with E-state index in [0.29, 0.717) is 6.10 Å². The zero-order valence-electron chi connectivity index (χ0n) is 13.2. The van der Waals surface area contributed by atoms with E-state index < -0.39 is 0 Å². The standard InChI is InChI=1S/C18H26BrNO2/c19-16-8-6-15(7-9-16)18(14-20-10-12-21-13-11-20)22-17-4-2-1-3-5-17/h6-9,17-18H,1-5,10-14H2. The number of rotatable bonds is 5. The van der Waals surface area contributed by atoms with Gasteiger partial charge < -0.3 is 9.47 Å². The molecule has 0 bridgehead atoms. The maximum Gasteiger partial charge on any atom is 0.0955 e. The van der Waals surface area contributed by atoms with Crippen LogP contribution in [-0.2, 0) is 9.47 Å². The van der Waals surface area contributed by atoms with Gasteiger partial charge in [0.2, 0.25) is 0 Å². The summed E-state index contributed by atoms with van der Waals surface area (Å²) in [5.41, 5.74) is 1.29. The quantitative estimate of drug-likeness (QED) is 0.779. The van der Waals surface area contributed by atoms with Crippen LogP contribution in [0, 0.1) is 0 Å². The van der Waals surface area contributed by atoms with Gasteiger partial charge in [0.1, 0.15) is 0 Å². The van der Waals surface area contributed by atoms with Gasteiger partial charge >= 0.3 is 0 Å². The zero-order chi connectivity index (χ0) is 15.2. The molecule has 0 aromatic heterocycles. The average Bonchev–Trinajstić information content (AvgIpc) is 2.57. The number of nitrogens with zero attached hydrogens (tertiary/aromatic N) is 1. The summed E-state index contributed by atoms with van der Waals surface area (Å²) in [5, 5.41) is 0. The predicted octanol–water partition coefficient (Wildman–Crippen LogP) is 4.17. The molecule has 1 saturated heterocycles. The predicted molar refractivity (Wildman–Crippen MR) is 92.1 cm³/mol. The molecule has 4 heteroatoms. The number of halogens is 1. The molecule has 122 valence electrons. The van der Waals surface area contributed by atoms with E-state index in [1.807, 2.05) is 0 Å². The van der Waals surface area contributed by atoms with Crippen molar-refractivity contribution in [3.05, 3.63) is 34.3 Å². The van der Waals surface area contributed by atoms with Crippen molar-refractivity contribution in [3.63, 3.8) is 0 Å². The number of morpholine rings is 1. The number of benzene rings is 1. The summed E-state index contributed by atoms with van der Waals surface area (Å²) in [5.74, 6) is 0. The Morgan fingerprint density at radius 3 is 2.45 bits per heavy atom. The van der Waals surface area contributed by atoms with E-state index in [2.05, 4.69) is 45.1 Å². The lowest BCUT2D eigenvalue weighted by Gasteiger charge is -2.33. The molecule has 2 fully saturated rings. The van der Waals surface area contributed by atoms with Crippen LogP contribution in [0.3, 0.4) is 0 Å². The highest BCUT2D eigenvalue weighted by molar-refractivity contribution is 9.10. The van der Waals surface area contributed by atoms with Crippen LogP contribution < -0.4 is 0 Å². The molecular formula is C18H26BrNO2. The average molecular weight is 368 g/mol. The van der Waals surface area contributed by atoms with Gasteiger partial charge in [-0.25, -0.2) is 0 Å². The topological polar surface area (TPSA) is 21.7 Å². The molecule has 1 atom stereocenters. The van der Waals surface area contributed by atoms with Crippen molar-refractivity contribution in [2.24, 2.45) is 0 Å². The molecular weight excluding hydrogens is 342 g/mol. The van der Waals surface area contributed by atoms with Gasteiger partial charge in [-0.15, -0.1) is 0 Å². The van der Waals surface area contributed by atoms with Gasteiger partial charge in [-0.2, -0.15) is 0 Å². The largest absolute Gasteiger partial charge is 0.379 e. The van der Waals surface area contributed by atoms with Crippen LogP contribution in [0.2, 0.25) is 0 Å². The van der Waals surface area contributed by atoms with E-state index in [1.54, 1.807) is 0 Å². The fraction of sp³-hybridized carbons (Fsp3) is 0.667. The molecule has 1 heterocycles. The molecule has 0 radical (unpaired) electrons. The summed E-state index contributed by atoms with van der Waals surface area (Å²) < 4.78 is 13.1. The van der Waals surface area contributed by atoms with Crippen molar-refractivity contribution in [3.8, 4) is 0 Å². The van der Waals surface area contributed by atoms with Crippen LogP contribution >= 0.6 is 15.9 Å². The van der Waals surface area contributed by atoms with Crippen LogP contribution in [0.5, 0.6) is 0 Å². The summed E-state index contributed by atoms with van der Waals surface area (Å²) in [7, 11) is 0. The molecule has 0 spiro atoms. The lowest BCUT2D eigenvalue weighted by atomic mass is 9.97. The summed E-state index contributed by atoms with van der Waals surface area (Å²) in [6, 6.07) is 8.62. The second-order valence-electron chi connectivity index (χ2n) is 6.35. The maximum atomic E-state index is 6.52. The van der Waals surface area contributed by atoms with Gasteiger partial charge in [-0.3, -0.25) is 4.90 Å². The molecule has 1 aromatic rings. The molecule has 0 amide bonds. The van der Waals surface area contributed by atoms with Crippen molar-refractivity contribution < 1.29 is 9.47 Å². The van der Waals surface area contributed by atoms with Crippen LogP contribution in [0.25, 0.3) is 0 Å². The second kappa shape index (κ2) is 8.44. The molecule has 0 N–H and O–H groups in total. The number of hydrogen-bond acceptors (Lipinski definition) is 3. The highest BCUT2D eigenvalue weighted by atomic mass is 79.9. The molecule has 1 aliphatic carbocycles. The Labute approximate surface area is 142 Å². The van der Waals surface area contributed by atoms with E-state index >= 15 is 0 Å². The maximum absolute atomic E-state index is 6.52. The monoisotopic (exact) mass is 367 g/mol. The first-order chi connectivity index (χ1) is 10.8. The molecule has 3 rings (SSSR count). The lowest BCUT2D eigenvalue weighted by Crippen LogP contribution is -2.40. The Bertz CT molecular complexity index is 419. The summed E-state index contributed by atoms with van der Waals surface area (Å²) in [6.45, 7) is 4.69. The first-order valence-electron chi connectivity index (χ1n) is 8.52. The summed E-state index contributed by atoms with van der Waals surface area (Å²) >= 11 is 3.52. The molecule has 1 aromatic carbocycles. The van der Waals surface area contributed by atoms with Crippen LogP contribution in [0.4, 0.5) is 0 Å². The molecule has 2 aliphatic rings. The van der Waals surface area contributed by atoms with Crippen LogP contribution in [0.1, 0.15) is 43.8 Å². The molecule has 3 nitrogen and oxygen atoms in total. The summed E-state index contributed by atoms with van der Waals surface area (Å²) in [4.78, 5) is 2.47. The van der Waals surface area contributed by atoms with E-state index in [4.69, 9.17) is 9.47 Å². The van der Waals surface area contributed by atoms with Gasteiger partial charge in [0.05, 0.1) is 25.4 Å².